The second-order valence-corrected chi connectivity index (χ2v) is 9.63. The zero-order valence-corrected chi connectivity index (χ0v) is 20.3. The lowest BCUT2D eigenvalue weighted by Crippen LogP contribution is -2.24. The molecule has 0 fully saturated rings. The Morgan fingerprint density at radius 2 is 1.79 bits per heavy atom. The average Bonchev–Trinajstić information content (AvgIpc) is 3.21. The van der Waals surface area contributed by atoms with Gasteiger partial charge in [0.25, 0.3) is 0 Å². The van der Waals surface area contributed by atoms with Crippen molar-refractivity contribution in [3.63, 3.8) is 0 Å². The molecule has 176 valence electrons. The van der Waals surface area contributed by atoms with E-state index < -0.39 is 10.0 Å². The van der Waals surface area contributed by atoms with Crippen LogP contribution < -0.4 is 24.2 Å². The Morgan fingerprint density at radius 3 is 2.39 bits per heavy atom. The number of fused-ring (bicyclic) bond motifs is 1. The lowest BCUT2D eigenvalue weighted by Gasteiger charge is -2.12. The summed E-state index contributed by atoms with van der Waals surface area (Å²) >= 11 is 1.19. The number of nitrogens with one attached hydrogen (secondary N) is 2. The zero-order valence-electron chi connectivity index (χ0n) is 18.7. The molecule has 0 aliphatic heterocycles. The first-order valence-corrected chi connectivity index (χ1v) is 12.3. The van der Waals surface area contributed by atoms with Gasteiger partial charge in [-0.2, -0.15) is 0 Å². The maximum absolute atomic E-state index is 12.4. The summed E-state index contributed by atoms with van der Waals surface area (Å²) in [5, 5.41) is 3.06. The predicted molar refractivity (Wildman–Crippen MR) is 129 cm³/mol. The average molecular weight is 492 g/mol. The first-order chi connectivity index (χ1) is 15.8. The van der Waals surface area contributed by atoms with Crippen molar-refractivity contribution in [2.24, 2.45) is 0 Å². The minimum Gasteiger partial charge on any atom is -0.493 e. The lowest BCUT2D eigenvalue weighted by atomic mass is 10.1. The van der Waals surface area contributed by atoms with Gasteiger partial charge in [-0.1, -0.05) is 18.3 Å². The van der Waals surface area contributed by atoms with Crippen LogP contribution in [-0.2, 0) is 14.8 Å². The predicted octanol–water partition coefficient (Wildman–Crippen LogP) is 3.66. The molecule has 0 bridgehead atoms. The second kappa shape index (κ2) is 10.6. The molecule has 0 unspecified atom stereocenters. The Balaban J connectivity index is 1.76. The van der Waals surface area contributed by atoms with Crippen LogP contribution in [0.2, 0.25) is 0 Å². The first-order valence-electron chi connectivity index (χ1n) is 10.0. The Bertz CT molecular complexity index is 1260. The SMILES string of the molecule is CCCNS(=O)(=O)c1ccc2nc(NC(=O)/C=C/c3cc(OC)c(OC)c(OC)c3)sc2c1. The third-order valence-corrected chi connectivity index (χ3v) is 6.95. The molecule has 1 amide bonds. The summed E-state index contributed by atoms with van der Waals surface area (Å²) < 4.78 is 43.8. The molecule has 11 heteroatoms. The molecule has 0 aliphatic rings. The molecule has 0 saturated carbocycles. The number of benzene rings is 2. The third-order valence-electron chi connectivity index (χ3n) is 4.56. The van der Waals surface area contributed by atoms with E-state index in [4.69, 9.17) is 14.2 Å². The number of amides is 1. The summed E-state index contributed by atoms with van der Waals surface area (Å²) in [4.78, 5) is 16.9. The van der Waals surface area contributed by atoms with Gasteiger partial charge in [-0.25, -0.2) is 18.1 Å². The molecule has 0 aliphatic carbocycles. The van der Waals surface area contributed by atoms with Crippen LogP contribution in [0, 0.1) is 0 Å². The van der Waals surface area contributed by atoms with E-state index in [1.165, 1.54) is 44.8 Å². The van der Waals surface area contributed by atoms with Crippen LogP contribution in [0.1, 0.15) is 18.9 Å². The van der Waals surface area contributed by atoms with Crippen molar-refractivity contribution in [3.05, 3.63) is 42.0 Å². The molecule has 1 heterocycles. The summed E-state index contributed by atoms with van der Waals surface area (Å²) in [5.74, 6) is 1.02. The largest absolute Gasteiger partial charge is 0.493 e. The Morgan fingerprint density at radius 1 is 1.09 bits per heavy atom. The van der Waals surface area contributed by atoms with E-state index in [1.54, 1.807) is 30.3 Å². The molecular weight excluding hydrogens is 466 g/mol. The van der Waals surface area contributed by atoms with E-state index in [0.29, 0.717) is 51.1 Å². The normalized spacial score (nSPS) is 11.6. The van der Waals surface area contributed by atoms with E-state index in [-0.39, 0.29) is 10.8 Å². The van der Waals surface area contributed by atoms with Gasteiger partial charge in [0.15, 0.2) is 16.6 Å². The molecule has 2 N–H and O–H groups in total. The third kappa shape index (κ3) is 5.81. The number of hydrogen-bond donors (Lipinski definition) is 2. The number of hydrogen-bond acceptors (Lipinski definition) is 8. The molecule has 2 aromatic carbocycles. The van der Waals surface area contributed by atoms with Crippen LogP contribution in [-0.4, -0.2) is 47.2 Å². The summed E-state index contributed by atoms with van der Waals surface area (Å²) in [6.07, 6.45) is 3.66. The minimum atomic E-state index is -3.58. The summed E-state index contributed by atoms with van der Waals surface area (Å²) in [5.41, 5.74) is 1.27. The van der Waals surface area contributed by atoms with Crippen molar-refractivity contribution < 1.29 is 27.4 Å². The molecule has 33 heavy (non-hydrogen) atoms. The van der Waals surface area contributed by atoms with Gasteiger partial charge in [-0.3, -0.25) is 10.1 Å². The van der Waals surface area contributed by atoms with Crippen LogP contribution in [0.25, 0.3) is 16.3 Å². The molecule has 9 nitrogen and oxygen atoms in total. The van der Waals surface area contributed by atoms with Gasteiger partial charge < -0.3 is 14.2 Å². The Hall–Kier alpha value is -3.15. The van der Waals surface area contributed by atoms with E-state index >= 15 is 0 Å². The number of methoxy groups -OCH3 is 3. The van der Waals surface area contributed by atoms with Crippen molar-refractivity contribution in [2.75, 3.05) is 33.2 Å². The number of ether oxygens (including phenoxy) is 3. The molecule has 0 saturated heterocycles. The number of thiazole rings is 1. The number of anilines is 1. The molecule has 0 spiro atoms. The minimum absolute atomic E-state index is 0.160. The van der Waals surface area contributed by atoms with Crippen LogP contribution in [0.15, 0.2) is 41.3 Å². The van der Waals surface area contributed by atoms with Crippen LogP contribution in [0.5, 0.6) is 17.2 Å². The van der Waals surface area contributed by atoms with Gasteiger partial charge >= 0.3 is 0 Å². The van der Waals surface area contributed by atoms with Crippen molar-refractivity contribution in [1.82, 2.24) is 9.71 Å². The highest BCUT2D eigenvalue weighted by Crippen LogP contribution is 2.38. The maximum atomic E-state index is 12.4. The van der Waals surface area contributed by atoms with E-state index in [2.05, 4.69) is 15.0 Å². The zero-order chi connectivity index (χ0) is 24.0. The molecule has 0 atom stereocenters. The van der Waals surface area contributed by atoms with Gasteiger partial charge in [0.2, 0.25) is 21.7 Å². The summed E-state index contributed by atoms with van der Waals surface area (Å²) in [6.45, 7) is 2.25. The molecule has 1 aromatic heterocycles. The monoisotopic (exact) mass is 491 g/mol. The first kappa shape index (κ1) is 24.5. The van der Waals surface area contributed by atoms with E-state index in [9.17, 15) is 13.2 Å². The molecule has 0 radical (unpaired) electrons. The lowest BCUT2D eigenvalue weighted by molar-refractivity contribution is -0.111. The van der Waals surface area contributed by atoms with E-state index in [0.717, 1.165) is 0 Å². The molecule has 3 aromatic rings. The number of rotatable bonds is 10. The smallest absolute Gasteiger partial charge is 0.250 e. The summed E-state index contributed by atoms with van der Waals surface area (Å²) in [6, 6.07) is 8.10. The number of aromatic nitrogens is 1. The fourth-order valence-corrected chi connectivity index (χ4v) is 5.10. The fourth-order valence-electron chi connectivity index (χ4n) is 2.96. The maximum Gasteiger partial charge on any atom is 0.250 e. The van der Waals surface area contributed by atoms with Gasteiger partial charge in [0.05, 0.1) is 36.4 Å². The van der Waals surface area contributed by atoms with Gasteiger partial charge in [-0.15, -0.1) is 0 Å². The highest BCUT2D eigenvalue weighted by molar-refractivity contribution is 7.89. The van der Waals surface area contributed by atoms with Crippen molar-refractivity contribution in [2.45, 2.75) is 18.2 Å². The van der Waals surface area contributed by atoms with Crippen molar-refractivity contribution >= 4 is 48.7 Å². The highest BCUT2D eigenvalue weighted by Gasteiger charge is 2.16. The number of sulfonamides is 1. The van der Waals surface area contributed by atoms with Crippen LogP contribution >= 0.6 is 11.3 Å². The van der Waals surface area contributed by atoms with Crippen LogP contribution in [0.3, 0.4) is 0 Å². The topological polar surface area (TPSA) is 116 Å². The fraction of sp³-hybridized carbons (Fsp3) is 0.273. The van der Waals surface area contributed by atoms with Gasteiger partial charge in [-0.05, 0) is 48.4 Å². The number of carbonyl (C=O) groups is 1. The summed E-state index contributed by atoms with van der Waals surface area (Å²) in [7, 11) is 0.963. The van der Waals surface area contributed by atoms with Crippen LogP contribution in [0.4, 0.5) is 5.13 Å². The number of nitrogens with zero attached hydrogens (tertiary/aromatic N) is 1. The van der Waals surface area contributed by atoms with Gasteiger partial charge in [0.1, 0.15) is 0 Å². The van der Waals surface area contributed by atoms with Gasteiger partial charge in [0, 0.05) is 12.6 Å². The van der Waals surface area contributed by atoms with Crippen molar-refractivity contribution in [3.8, 4) is 17.2 Å². The van der Waals surface area contributed by atoms with E-state index in [1.807, 2.05) is 6.92 Å². The Labute approximate surface area is 196 Å². The second-order valence-electron chi connectivity index (χ2n) is 6.83. The molecular formula is C22H25N3O6S2. The quantitative estimate of drug-likeness (QED) is 0.416. The Kier molecular flexibility index (Phi) is 7.90. The number of carbonyl (C=O) groups excluding carboxylic acids is 1. The standard InChI is InChI=1S/C22H25N3O6S2/c1-5-10-23-33(27,28)15-7-8-16-19(13-15)32-22(24-16)25-20(26)9-6-14-11-17(29-2)21(31-4)18(12-14)30-3/h6-9,11-13,23H,5,10H2,1-4H3,(H,24,25,26)/b9-6+. The highest BCUT2D eigenvalue weighted by atomic mass is 32.2. The molecule has 3 rings (SSSR count). The van der Waals surface area contributed by atoms with Crippen molar-refractivity contribution in [1.29, 1.82) is 0 Å².